The van der Waals surface area contributed by atoms with Gasteiger partial charge in [-0.3, -0.25) is 0 Å². The summed E-state index contributed by atoms with van der Waals surface area (Å²) in [5.41, 5.74) is 19.6. The van der Waals surface area contributed by atoms with Crippen LogP contribution >= 0.6 is 0 Å². The number of hydrogen-bond donors (Lipinski definition) is 0. The first-order valence-corrected chi connectivity index (χ1v) is 33.3. The Kier molecular flexibility index (Phi) is 12.9. The lowest BCUT2D eigenvalue weighted by Gasteiger charge is -2.61. The highest BCUT2D eigenvalue weighted by Crippen LogP contribution is 2.64. The molecule has 14 rings (SSSR count). The molecule has 0 amide bonds. The van der Waals surface area contributed by atoms with Gasteiger partial charge in [-0.25, -0.2) is 0 Å². The van der Waals surface area contributed by atoms with Crippen LogP contribution in [0.15, 0.2) is 149 Å². The Hall–Kier alpha value is -5.20. The molecule has 4 heterocycles. The van der Waals surface area contributed by atoms with E-state index in [1.807, 2.05) is 0 Å². The zero-order valence-electron chi connectivity index (χ0n) is 54.5. The molecule has 0 aromatic heterocycles. The molecule has 442 valence electrons. The van der Waals surface area contributed by atoms with Gasteiger partial charge in [-0.2, -0.15) is 0 Å². The van der Waals surface area contributed by atoms with Gasteiger partial charge in [0.15, 0.2) is 0 Å². The minimum atomic E-state index is -0.545. The summed E-state index contributed by atoms with van der Waals surface area (Å²) in [6.45, 7) is 42.3. The van der Waals surface area contributed by atoms with Crippen LogP contribution in [0.3, 0.4) is 0 Å². The molecule has 84 heavy (non-hydrogen) atoms. The lowest BCUT2D eigenvalue weighted by Crippen LogP contribution is -2.75. The molecule has 0 spiro atoms. The van der Waals surface area contributed by atoms with E-state index >= 15 is 0 Å². The molecule has 2 saturated heterocycles. The number of allylic oxidation sites excluding steroid dienone is 8. The first kappa shape index (κ1) is 56.6. The molecule has 10 atom stereocenters. The van der Waals surface area contributed by atoms with E-state index in [0.29, 0.717) is 17.8 Å². The monoisotopic (exact) mass is 1120 g/mol. The predicted octanol–water partition coefficient (Wildman–Crippen LogP) is 18.8. The number of hydrogen-bond acceptors (Lipinski definition) is 5. The Labute approximate surface area is 507 Å². The lowest BCUT2D eigenvalue weighted by atomic mass is 9.23. The van der Waals surface area contributed by atoms with Crippen molar-refractivity contribution in [3.8, 4) is 5.75 Å². The second-order valence-corrected chi connectivity index (χ2v) is 33.5. The van der Waals surface area contributed by atoms with Crippen LogP contribution in [0.2, 0.25) is 5.82 Å². The number of anilines is 3. The molecule has 0 bridgehead atoms. The quantitative estimate of drug-likeness (QED) is 0.181. The second kappa shape index (κ2) is 19.2. The molecule has 1 saturated carbocycles. The fraction of sp³-hybridized carbons (Fsp3) is 0.564. The Morgan fingerprint density at radius 3 is 2.20 bits per heavy atom. The average Bonchev–Trinajstić information content (AvgIpc) is 1.40. The van der Waals surface area contributed by atoms with E-state index in [-0.39, 0.29) is 81.3 Å². The summed E-state index contributed by atoms with van der Waals surface area (Å²) in [7, 11) is 0. The maximum Gasteiger partial charge on any atom is 0.230 e. The minimum Gasteiger partial charge on any atom is -0.489 e. The van der Waals surface area contributed by atoms with E-state index in [9.17, 15) is 0 Å². The van der Waals surface area contributed by atoms with Crippen molar-refractivity contribution < 1.29 is 9.47 Å². The van der Waals surface area contributed by atoms with Crippen LogP contribution < -0.4 is 24.9 Å². The topological polar surface area (TPSA) is 28.2 Å². The van der Waals surface area contributed by atoms with Gasteiger partial charge in [-0.15, -0.1) is 0 Å². The van der Waals surface area contributed by atoms with Crippen molar-refractivity contribution in [2.75, 3.05) is 14.7 Å². The molecule has 3 aromatic rings. The summed E-state index contributed by atoms with van der Waals surface area (Å²) in [6.07, 6.45) is 37.1. The Balaban J connectivity index is 1.07. The molecule has 0 radical (unpaired) electrons. The van der Waals surface area contributed by atoms with Crippen LogP contribution in [0.5, 0.6) is 5.75 Å². The van der Waals surface area contributed by atoms with Crippen LogP contribution in [-0.4, -0.2) is 42.5 Å². The highest BCUT2D eigenvalue weighted by atomic mass is 16.5. The van der Waals surface area contributed by atoms with Crippen molar-refractivity contribution in [3.05, 3.63) is 171 Å². The standard InChI is InChI=1S/C78H100BN3O2/c1-47(2)48-27-32-63-64(37-48)81(54-39-49(72(3,4)5)38-50(40-54)73(6,7)8)65-42-55(80(51-23-19-18-20-24-51)53-28-30-57-56-25-21-22-26-67(56)83-68(57)44-53)43-66-70(65)79(63)78(17)71(58-45-61-62(46-69(58)84-78)77(15,16)36-35-76(61,13)14)82(66)52-29-31-59-60(41-52)75(11,12)34-33-74(59,9)10/h19,21,23-25,27-32,37-39,41-45,47,54,56,58,62,65,67,69-71H,18,20,22,26,33-36,40,46H2,1-17H3/t54-,56?,58?,62?,65?,67?,69?,70?,71?,78?/m1/s1. The van der Waals surface area contributed by atoms with E-state index in [2.05, 4.69) is 248 Å². The van der Waals surface area contributed by atoms with Crippen molar-refractivity contribution in [2.24, 2.45) is 33.5 Å². The molecule has 3 fully saturated rings. The smallest absolute Gasteiger partial charge is 0.230 e. The van der Waals surface area contributed by atoms with Gasteiger partial charge in [-0.05, 0) is 180 Å². The zero-order chi connectivity index (χ0) is 59.2. The molecule has 7 aliphatic carbocycles. The lowest BCUT2D eigenvalue weighted by molar-refractivity contribution is -0.0205. The number of ether oxygens (including phenoxy) is 2. The van der Waals surface area contributed by atoms with Crippen molar-refractivity contribution in [2.45, 2.75) is 246 Å². The third-order valence-corrected chi connectivity index (χ3v) is 23.8. The molecule has 9 unspecified atom stereocenters. The van der Waals surface area contributed by atoms with E-state index < -0.39 is 5.50 Å². The molecule has 0 N–H and O–H groups in total. The van der Waals surface area contributed by atoms with E-state index in [1.54, 1.807) is 5.57 Å². The van der Waals surface area contributed by atoms with Crippen LogP contribution in [0.4, 0.5) is 17.1 Å². The highest BCUT2D eigenvalue weighted by molar-refractivity contribution is 6.80. The van der Waals surface area contributed by atoms with Crippen molar-refractivity contribution in [1.29, 1.82) is 0 Å². The van der Waals surface area contributed by atoms with Gasteiger partial charge in [0, 0.05) is 63.4 Å². The van der Waals surface area contributed by atoms with E-state index in [4.69, 9.17) is 9.47 Å². The molecule has 11 aliphatic rings. The van der Waals surface area contributed by atoms with E-state index in [1.165, 1.54) is 98.7 Å². The number of nitrogens with zero attached hydrogens (tertiary/aromatic N) is 3. The number of fused-ring (bicyclic) bond motifs is 11. The normalized spacial score (nSPS) is 32.6. The number of benzene rings is 3. The molecule has 5 nitrogen and oxygen atoms in total. The van der Waals surface area contributed by atoms with Crippen LogP contribution in [0.25, 0.3) is 0 Å². The predicted molar refractivity (Wildman–Crippen MR) is 354 cm³/mol. The molecule has 6 heteroatoms. The Morgan fingerprint density at radius 2 is 1.48 bits per heavy atom. The minimum absolute atomic E-state index is 0.00201. The first-order valence-electron chi connectivity index (χ1n) is 33.3. The summed E-state index contributed by atoms with van der Waals surface area (Å²) >= 11 is 0. The van der Waals surface area contributed by atoms with Crippen molar-refractivity contribution in [3.63, 3.8) is 0 Å². The van der Waals surface area contributed by atoms with Crippen molar-refractivity contribution >= 4 is 29.2 Å². The zero-order valence-corrected chi connectivity index (χ0v) is 54.5. The third-order valence-electron chi connectivity index (χ3n) is 23.8. The van der Waals surface area contributed by atoms with Gasteiger partial charge < -0.3 is 24.2 Å². The molecule has 3 aromatic carbocycles. The Morgan fingerprint density at radius 1 is 0.714 bits per heavy atom. The van der Waals surface area contributed by atoms with Crippen LogP contribution in [0, 0.1) is 33.5 Å². The number of rotatable bonds is 6. The maximum atomic E-state index is 8.38. The average molecular weight is 1120 g/mol. The fourth-order valence-electron chi connectivity index (χ4n) is 18.6. The summed E-state index contributed by atoms with van der Waals surface area (Å²) in [5.74, 6) is 2.48. The second-order valence-electron chi connectivity index (χ2n) is 33.5. The van der Waals surface area contributed by atoms with Gasteiger partial charge >= 0.3 is 0 Å². The molecular formula is C78H100BN3O2. The summed E-state index contributed by atoms with van der Waals surface area (Å²) < 4.78 is 15.4. The van der Waals surface area contributed by atoms with Gasteiger partial charge in [0.1, 0.15) is 11.9 Å². The maximum absolute atomic E-state index is 8.38. The van der Waals surface area contributed by atoms with Crippen molar-refractivity contribution in [1.82, 2.24) is 0 Å². The third kappa shape index (κ3) is 8.81. The van der Waals surface area contributed by atoms with Gasteiger partial charge in [0.25, 0.3) is 0 Å². The summed E-state index contributed by atoms with van der Waals surface area (Å²) in [5, 5.41) is 0. The SMILES string of the molecule is CC(C)c1ccc2c(c1)N([C@@H]1C=C(C(C)(C)C)C=C(C(C)(C)C)C1)C1C=C(N(C3=CCCC=C3)c3ccc4c(c3)OC3CCC=CC43)C=C3C1B2C1(C)OC2CC4C(=CC2C1N3c1ccc2c(c1)C(C)(C)CCC2(C)C)C(C)(C)CCC4(C)C. The largest absolute Gasteiger partial charge is 0.489 e. The summed E-state index contributed by atoms with van der Waals surface area (Å²) in [6, 6.07) is 22.9. The van der Waals surface area contributed by atoms with Crippen LogP contribution in [0.1, 0.15) is 216 Å². The molecule has 4 aliphatic heterocycles. The van der Waals surface area contributed by atoms with Gasteiger partial charge in [0.05, 0.1) is 29.7 Å². The van der Waals surface area contributed by atoms with Crippen LogP contribution in [-0.2, 0) is 15.6 Å². The van der Waals surface area contributed by atoms with Gasteiger partial charge in [0.2, 0.25) is 6.71 Å². The summed E-state index contributed by atoms with van der Waals surface area (Å²) in [4.78, 5) is 8.59. The van der Waals surface area contributed by atoms with Gasteiger partial charge in [-0.1, -0.05) is 194 Å². The Bertz CT molecular complexity index is 3480. The first-order chi connectivity index (χ1) is 39.5. The molecular weight excluding hydrogens is 1020 g/mol. The van der Waals surface area contributed by atoms with E-state index in [0.717, 1.165) is 44.3 Å². The highest BCUT2D eigenvalue weighted by Gasteiger charge is 2.70. The fourth-order valence-corrected chi connectivity index (χ4v) is 18.6.